The van der Waals surface area contributed by atoms with Crippen LogP contribution < -0.4 is 9.47 Å². The minimum atomic E-state index is 0.264. The summed E-state index contributed by atoms with van der Waals surface area (Å²) in [7, 11) is 0. The predicted octanol–water partition coefficient (Wildman–Crippen LogP) is 4.91. The Morgan fingerprint density at radius 3 is 1.29 bits per heavy atom. The lowest BCUT2D eigenvalue weighted by molar-refractivity contribution is 0.00500. The first-order valence-electron chi connectivity index (χ1n) is 11.6. The lowest BCUT2D eigenvalue weighted by Gasteiger charge is -2.10. The van der Waals surface area contributed by atoms with E-state index in [-0.39, 0.29) is 11.5 Å². The molecule has 0 bridgehead atoms. The second-order valence-electron chi connectivity index (χ2n) is 7.85. The molecule has 0 unspecified atom stereocenters. The van der Waals surface area contributed by atoms with E-state index in [1.165, 1.54) is 0 Å². The molecule has 0 aliphatic heterocycles. The molecule has 0 radical (unpaired) electrons. The molecule has 7 heteroatoms. The van der Waals surface area contributed by atoms with E-state index < -0.39 is 0 Å². The maximum Gasteiger partial charge on any atom is 0.123 e. The second kappa shape index (κ2) is 12.8. The SMILES string of the molecule is Oc1cccc2cc(OCCOCCOCCOCCOc3ccc4c(O)cccc4c3)ccc12. The molecular weight excluding hydrogens is 448 g/mol. The number of fused-ring (bicyclic) bond motifs is 2. The van der Waals surface area contributed by atoms with E-state index in [0.717, 1.165) is 33.0 Å². The van der Waals surface area contributed by atoms with Crippen LogP contribution >= 0.6 is 0 Å². The number of benzene rings is 4. The predicted molar refractivity (Wildman–Crippen MR) is 135 cm³/mol. The topological polar surface area (TPSA) is 86.6 Å². The highest BCUT2D eigenvalue weighted by Gasteiger charge is 2.03. The van der Waals surface area contributed by atoms with E-state index in [1.807, 2.05) is 60.7 Å². The number of phenolic OH excluding ortho intramolecular Hbond substituents is 2. The third kappa shape index (κ3) is 7.23. The van der Waals surface area contributed by atoms with Gasteiger partial charge in [0.15, 0.2) is 0 Å². The summed E-state index contributed by atoms with van der Waals surface area (Å²) in [6, 6.07) is 22.0. The number of phenols is 2. The summed E-state index contributed by atoms with van der Waals surface area (Å²) in [4.78, 5) is 0. The molecule has 4 aromatic rings. The first kappa shape index (κ1) is 24.6. The number of ether oxygens (including phenoxy) is 5. The van der Waals surface area contributed by atoms with Crippen LogP contribution in [0, 0.1) is 0 Å². The van der Waals surface area contributed by atoms with E-state index in [1.54, 1.807) is 12.1 Å². The standard InChI is InChI=1S/C28H30O7/c29-27-5-1-3-21-19-23(7-9-25(21)27)34-17-15-32-13-11-31-12-14-33-16-18-35-24-8-10-26-22(20-24)4-2-6-28(26)30/h1-10,19-20,29-30H,11-18H2. The molecule has 0 spiro atoms. The van der Waals surface area contributed by atoms with Gasteiger partial charge in [-0.2, -0.15) is 0 Å². The van der Waals surface area contributed by atoms with E-state index in [4.69, 9.17) is 23.7 Å². The molecule has 0 amide bonds. The summed E-state index contributed by atoms with van der Waals surface area (Å²) >= 11 is 0. The lowest BCUT2D eigenvalue weighted by Crippen LogP contribution is -2.14. The summed E-state index contributed by atoms with van der Waals surface area (Å²) in [6.07, 6.45) is 0. The highest BCUT2D eigenvalue weighted by molar-refractivity contribution is 5.89. The monoisotopic (exact) mass is 478 g/mol. The molecule has 7 nitrogen and oxygen atoms in total. The number of aromatic hydroxyl groups is 2. The summed E-state index contributed by atoms with van der Waals surface area (Å²) in [5, 5.41) is 23.1. The summed E-state index contributed by atoms with van der Waals surface area (Å²) in [5.74, 6) is 2.01. The van der Waals surface area contributed by atoms with Gasteiger partial charge in [-0.15, -0.1) is 0 Å². The highest BCUT2D eigenvalue weighted by Crippen LogP contribution is 2.28. The largest absolute Gasteiger partial charge is 0.507 e. The van der Waals surface area contributed by atoms with Crippen molar-refractivity contribution in [1.82, 2.24) is 0 Å². The maximum atomic E-state index is 9.84. The molecule has 2 N–H and O–H groups in total. The van der Waals surface area contributed by atoms with Crippen LogP contribution in [0.25, 0.3) is 21.5 Å². The average Bonchev–Trinajstić information content (AvgIpc) is 2.87. The average molecular weight is 479 g/mol. The van der Waals surface area contributed by atoms with Gasteiger partial charge in [0, 0.05) is 10.8 Å². The van der Waals surface area contributed by atoms with Crippen molar-refractivity contribution in [3.05, 3.63) is 72.8 Å². The third-order valence-corrected chi connectivity index (χ3v) is 5.39. The van der Waals surface area contributed by atoms with Crippen LogP contribution in [-0.2, 0) is 14.2 Å². The number of hydrogen-bond donors (Lipinski definition) is 2. The quantitative estimate of drug-likeness (QED) is 0.249. The smallest absolute Gasteiger partial charge is 0.123 e. The van der Waals surface area contributed by atoms with Gasteiger partial charge in [-0.1, -0.05) is 24.3 Å². The van der Waals surface area contributed by atoms with Crippen LogP contribution in [0.3, 0.4) is 0 Å². The van der Waals surface area contributed by atoms with Crippen molar-refractivity contribution in [2.75, 3.05) is 52.9 Å². The molecule has 0 heterocycles. The molecule has 0 saturated carbocycles. The van der Waals surface area contributed by atoms with E-state index in [9.17, 15) is 10.2 Å². The Hall–Kier alpha value is -3.52. The van der Waals surface area contributed by atoms with Gasteiger partial charge in [0.2, 0.25) is 0 Å². The molecule has 4 rings (SSSR count). The Bertz CT molecular complexity index is 1130. The van der Waals surface area contributed by atoms with Crippen molar-refractivity contribution in [1.29, 1.82) is 0 Å². The van der Waals surface area contributed by atoms with Crippen molar-refractivity contribution >= 4 is 21.5 Å². The maximum absolute atomic E-state index is 9.84. The molecule has 0 saturated heterocycles. The molecular formula is C28H30O7. The fourth-order valence-electron chi connectivity index (χ4n) is 3.65. The van der Waals surface area contributed by atoms with Gasteiger partial charge in [0.25, 0.3) is 0 Å². The zero-order valence-electron chi connectivity index (χ0n) is 19.5. The first-order chi connectivity index (χ1) is 17.2. The lowest BCUT2D eigenvalue weighted by atomic mass is 10.1. The van der Waals surface area contributed by atoms with Crippen molar-refractivity contribution in [2.45, 2.75) is 0 Å². The Balaban J connectivity index is 0.986. The van der Waals surface area contributed by atoms with Crippen LogP contribution in [0.1, 0.15) is 0 Å². The molecule has 0 fully saturated rings. The zero-order valence-corrected chi connectivity index (χ0v) is 19.5. The number of hydrogen-bond acceptors (Lipinski definition) is 7. The summed E-state index contributed by atoms with van der Waals surface area (Å²) in [5.41, 5.74) is 0. The van der Waals surface area contributed by atoms with Crippen LogP contribution in [0.5, 0.6) is 23.0 Å². The Morgan fingerprint density at radius 1 is 0.457 bits per heavy atom. The van der Waals surface area contributed by atoms with Gasteiger partial charge in [-0.3, -0.25) is 0 Å². The molecule has 0 atom stereocenters. The van der Waals surface area contributed by atoms with Gasteiger partial charge in [-0.25, -0.2) is 0 Å². The zero-order chi connectivity index (χ0) is 24.3. The Morgan fingerprint density at radius 2 is 0.857 bits per heavy atom. The second-order valence-corrected chi connectivity index (χ2v) is 7.85. The minimum absolute atomic E-state index is 0.264. The van der Waals surface area contributed by atoms with E-state index >= 15 is 0 Å². The molecule has 0 aliphatic carbocycles. The van der Waals surface area contributed by atoms with Crippen LogP contribution in [-0.4, -0.2) is 63.1 Å². The van der Waals surface area contributed by atoms with Crippen molar-refractivity contribution < 1.29 is 33.9 Å². The minimum Gasteiger partial charge on any atom is -0.507 e. The van der Waals surface area contributed by atoms with Gasteiger partial charge in [0.1, 0.15) is 36.2 Å². The summed E-state index contributed by atoms with van der Waals surface area (Å²) < 4.78 is 28.0. The first-order valence-corrected chi connectivity index (χ1v) is 11.6. The molecule has 0 aliphatic rings. The van der Waals surface area contributed by atoms with Crippen LogP contribution in [0.15, 0.2) is 72.8 Å². The molecule has 4 aromatic carbocycles. The summed E-state index contributed by atoms with van der Waals surface area (Å²) in [6.45, 7) is 3.73. The normalized spacial score (nSPS) is 11.2. The van der Waals surface area contributed by atoms with Crippen molar-refractivity contribution in [3.8, 4) is 23.0 Å². The van der Waals surface area contributed by atoms with Gasteiger partial charge < -0.3 is 33.9 Å². The van der Waals surface area contributed by atoms with Crippen LogP contribution in [0.4, 0.5) is 0 Å². The third-order valence-electron chi connectivity index (χ3n) is 5.39. The van der Waals surface area contributed by atoms with Gasteiger partial charge in [-0.05, 0) is 59.3 Å². The highest BCUT2D eigenvalue weighted by atomic mass is 16.6. The Kier molecular flexibility index (Phi) is 9.00. The fraction of sp³-hybridized carbons (Fsp3) is 0.286. The van der Waals surface area contributed by atoms with E-state index in [2.05, 4.69) is 0 Å². The molecule has 184 valence electrons. The molecule has 0 aromatic heterocycles. The Labute approximate surface area is 204 Å². The molecule has 35 heavy (non-hydrogen) atoms. The van der Waals surface area contributed by atoms with E-state index in [0.29, 0.717) is 52.9 Å². The van der Waals surface area contributed by atoms with Crippen LogP contribution in [0.2, 0.25) is 0 Å². The van der Waals surface area contributed by atoms with Gasteiger partial charge >= 0.3 is 0 Å². The van der Waals surface area contributed by atoms with Gasteiger partial charge in [0.05, 0.1) is 39.6 Å². The number of rotatable bonds is 14. The van der Waals surface area contributed by atoms with Crippen molar-refractivity contribution in [3.63, 3.8) is 0 Å². The fourth-order valence-corrected chi connectivity index (χ4v) is 3.65. The van der Waals surface area contributed by atoms with Crippen molar-refractivity contribution in [2.24, 2.45) is 0 Å².